The molecule has 2 amide bonds. The molecule has 0 spiro atoms. The second kappa shape index (κ2) is 6.39. The summed E-state index contributed by atoms with van der Waals surface area (Å²) < 4.78 is 23.5. The minimum absolute atomic E-state index is 0.0188. The highest BCUT2D eigenvalue weighted by Gasteiger charge is 2.24. The van der Waals surface area contributed by atoms with Gasteiger partial charge in [-0.25, -0.2) is 8.42 Å². The van der Waals surface area contributed by atoms with Crippen molar-refractivity contribution in [3.63, 3.8) is 0 Å². The van der Waals surface area contributed by atoms with E-state index in [0.29, 0.717) is 18.5 Å². The first-order valence-corrected chi connectivity index (χ1v) is 8.78. The maximum absolute atomic E-state index is 12.3. The van der Waals surface area contributed by atoms with Crippen molar-refractivity contribution in [3.05, 3.63) is 29.8 Å². The number of rotatable bonds is 3. The molecule has 1 aromatic rings. The van der Waals surface area contributed by atoms with Gasteiger partial charge < -0.3 is 0 Å². The van der Waals surface area contributed by atoms with Gasteiger partial charge in [0.1, 0.15) is 0 Å². The molecular weight excluding hydrogens is 290 g/mol. The van der Waals surface area contributed by atoms with Crippen molar-refractivity contribution in [1.82, 2.24) is 4.90 Å². The molecule has 0 radical (unpaired) electrons. The van der Waals surface area contributed by atoms with Gasteiger partial charge in [-0.15, -0.1) is 0 Å². The van der Waals surface area contributed by atoms with Crippen LogP contribution in [0.15, 0.2) is 29.2 Å². The molecule has 0 atom stereocenters. The zero-order valence-corrected chi connectivity index (χ0v) is 12.9. The highest BCUT2D eigenvalue weighted by molar-refractivity contribution is 7.91. The third-order valence-corrected chi connectivity index (χ3v) is 5.41. The van der Waals surface area contributed by atoms with Gasteiger partial charge in [0.15, 0.2) is 9.84 Å². The summed E-state index contributed by atoms with van der Waals surface area (Å²) in [5.41, 5.74) is 0.348. The van der Waals surface area contributed by atoms with Crippen molar-refractivity contribution in [2.24, 2.45) is 0 Å². The number of hydrogen-bond donors (Lipinski definition) is 0. The molecule has 0 saturated carbocycles. The number of hydrogen-bond acceptors (Lipinski definition) is 4. The van der Waals surface area contributed by atoms with Crippen LogP contribution in [0, 0.1) is 0 Å². The maximum atomic E-state index is 12.3. The summed E-state index contributed by atoms with van der Waals surface area (Å²) >= 11 is 0. The Morgan fingerprint density at radius 3 is 2.43 bits per heavy atom. The van der Waals surface area contributed by atoms with Crippen LogP contribution in [-0.2, 0) is 14.6 Å². The summed E-state index contributed by atoms with van der Waals surface area (Å²) in [5, 5.41) is 0. The zero-order chi connectivity index (χ0) is 15.5. The van der Waals surface area contributed by atoms with Crippen molar-refractivity contribution >= 4 is 21.7 Å². The number of carbonyl (C=O) groups is 2. The molecule has 0 unspecified atom stereocenters. The molecule has 0 aliphatic carbocycles. The Bertz CT molecular complexity index is 634. The van der Waals surface area contributed by atoms with E-state index in [2.05, 4.69) is 0 Å². The zero-order valence-electron chi connectivity index (χ0n) is 12.0. The number of benzene rings is 1. The molecular formula is C15H19NO4S. The van der Waals surface area contributed by atoms with E-state index in [9.17, 15) is 18.0 Å². The number of amides is 2. The van der Waals surface area contributed by atoms with Gasteiger partial charge in [-0.2, -0.15) is 0 Å². The SMILES string of the molecule is CCS(=O)(=O)c1ccc(C(=O)N2CCCCCC2=O)cc1. The van der Waals surface area contributed by atoms with Gasteiger partial charge in [0.05, 0.1) is 10.6 Å². The predicted molar refractivity (Wildman–Crippen MR) is 78.7 cm³/mol. The van der Waals surface area contributed by atoms with Crippen LogP contribution < -0.4 is 0 Å². The number of sulfone groups is 1. The van der Waals surface area contributed by atoms with E-state index in [-0.39, 0.29) is 22.5 Å². The van der Waals surface area contributed by atoms with E-state index >= 15 is 0 Å². The Morgan fingerprint density at radius 2 is 1.81 bits per heavy atom. The normalized spacial score (nSPS) is 16.6. The van der Waals surface area contributed by atoms with Crippen molar-refractivity contribution in [3.8, 4) is 0 Å². The van der Waals surface area contributed by atoms with Crippen molar-refractivity contribution in [1.29, 1.82) is 0 Å². The average molecular weight is 309 g/mol. The van der Waals surface area contributed by atoms with Gasteiger partial charge in [-0.05, 0) is 37.1 Å². The number of imide groups is 1. The minimum Gasteiger partial charge on any atom is -0.279 e. The van der Waals surface area contributed by atoms with Gasteiger partial charge in [0.2, 0.25) is 5.91 Å². The van der Waals surface area contributed by atoms with Gasteiger partial charge >= 0.3 is 0 Å². The lowest BCUT2D eigenvalue weighted by Crippen LogP contribution is -2.36. The minimum atomic E-state index is -3.27. The molecule has 0 bridgehead atoms. The van der Waals surface area contributed by atoms with Crippen LogP contribution in [0.4, 0.5) is 0 Å². The van der Waals surface area contributed by atoms with Crippen LogP contribution in [0.5, 0.6) is 0 Å². The third-order valence-electron chi connectivity index (χ3n) is 3.66. The van der Waals surface area contributed by atoms with Gasteiger partial charge in [-0.1, -0.05) is 13.3 Å². The topological polar surface area (TPSA) is 71.5 Å². The van der Waals surface area contributed by atoms with Crippen molar-refractivity contribution in [2.75, 3.05) is 12.3 Å². The lowest BCUT2D eigenvalue weighted by Gasteiger charge is -2.18. The molecule has 1 fully saturated rings. The third kappa shape index (κ3) is 3.50. The first kappa shape index (κ1) is 15.7. The lowest BCUT2D eigenvalue weighted by molar-refractivity contribution is -0.128. The fourth-order valence-electron chi connectivity index (χ4n) is 2.32. The van der Waals surface area contributed by atoms with E-state index < -0.39 is 9.84 Å². The fourth-order valence-corrected chi connectivity index (χ4v) is 3.21. The van der Waals surface area contributed by atoms with E-state index in [1.54, 1.807) is 6.92 Å². The fraction of sp³-hybridized carbons (Fsp3) is 0.467. The summed E-state index contributed by atoms with van der Waals surface area (Å²) in [6, 6.07) is 5.80. The average Bonchev–Trinajstić information content (AvgIpc) is 2.71. The highest BCUT2D eigenvalue weighted by Crippen LogP contribution is 2.17. The largest absolute Gasteiger partial charge is 0.279 e. The van der Waals surface area contributed by atoms with Crippen LogP contribution >= 0.6 is 0 Å². The Hall–Kier alpha value is -1.69. The smallest absolute Gasteiger partial charge is 0.260 e. The molecule has 2 rings (SSSR count). The first-order chi connectivity index (χ1) is 9.95. The Kier molecular flexibility index (Phi) is 4.77. The predicted octanol–water partition coefficient (Wildman–Crippen LogP) is 2.02. The van der Waals surface area contributed by atoms with E-state index in [1.165, 1.54) is 29.2 Å². The molecule has 0 aromatic heterocycles. The molecule has 0 N–H and O–H groups in total. The van der Waals surface area contributed by atoms with Gasteiger partial charge in [0, 0.05) is 18.5 Å². The Morgan fingerprint density at radius 1 is 1.14 bits per heavy atom. The van der Waals surface area contributed by atoms with Crippen LogP contribution in [-0.4, -0.2) is 37.4 Å². The Labute approximate surface area is 124 Å². The standard InChI is InChI=1S/C15H19NO4S/c1-2-21(19,20)13-9-7-12(8-10-13)15(18)16-11-5-3-4-6-14(16)17/h7-10H,2-6,11H2,1H3. The number of likely N-dealkylation sites (tertiary alicyclic amines) is 1. The van der Waals surface area contributed by atoms with E-state index in [4.69, 9.17) is 0 Å². The molecule has 1 aromatic carbocycles. The first-order valence-electron chi connectivity index (χ1n) is 7.13. The van der Waals surface area contributed by atoms with Crippen molar-refractivity contribution < 1.29 is 18.0 Å². The summed E-state index contributed by atoms with van der Waals surface area (Å²) in [6.45, 7) is 2.01. The van der Waals surface area contributed by atoms with Gasteiger partial charge in [-0.3, -0.25) is 14.5 Å². The van der Waals surface area contributed by atoms with Crippen LogP contribution in [0.2, 0.25) is 0 Å². The quantitative estimate of drug-likeness (QED) is 0.801. The monoisotopic (exact) mass is 309 g/mol. The molecule has 1 aliphatic rings. The summed E-state index contributed by atoms with van der Waals surface area (Å²) in [5.74, 6) is -0.477. The lowest BCUT2D eigenvalue weighted by atomic mass is 10.2. The highest BCUT2D eigenvalue weighted by atomic mass is 32.2. The van der Waals surface area contributed by atoms with E-state index in [1.807, 2.05) is 0 Å². The van der Waals surface area contributed by atoms with Gasteiger partial charge in [0.25, 0.3) is 5.91 Å². The number of nitrogens with zero attached hydrogens (tertiary/aromatic N) is 1. The summed E-state index contributed by atoms with van der Waals surface area (Å²) in [6.07, 6.45) is 2.98. The molecule has 114 valence electrons. The summed E-state index contributed by atoms with van der Waals surface area (Å²) in [4.78, 5) is 25.7. The van der Waals surface area contributed by atoms with Crippen LogP contribution in [0.1, 0.15) is 43.0 Å². The Balaban J connectivity index is 2.22. The molecule has 5 nitrogen and oxygen atoms in total. The second-order valence-electron chi connectivity index (χ2n) is 5.09. The van der Waals surface area contributed by atoms with E-state index in [0.717, 1.165) is 19.3 Å². The van der Waals surface area contributed by atoms with Crippen LogP contribution in [0.25, 0.3) is 0 Å². The molecule has 1 heterocycles. The molecule has 1 saturated heterocycles. The molecule has 1 aliphatic heterocycles. The van der Waals surface area contributed by atoms with Crippen LogP contribution in [0.3, 0.4) is 0 Å². The molecule has 6 heteroatoms. The second-order valence-corrected chi connectivity index (χ2v) is 7.37. The summed E-state index contributed by atoms with van der Waals surface area (Å²) in [7, 11) is -3.27. The van der Waals surface area contributed by atoms with Crippen molar-refractivity contribution in [2.45, 2.75) is 37.5 Å². The molecule has 21 heavy (non-hydrogen) atoms. The maximum Gasteiger partial charge on any atom is 0.260 e. The number of carbonyl (C=O) groups excluding carboxylic acids is 2.